The van der Waals surface area contributed by atoms with Gasteiger partial charge in [0.2, 0.25) is 5.88 Å². The van der Waals surface area contributed by atoms with Gasteiger partial charge in [0.15, 0.2) is 5.76 Å². The van der Waals surface area contributed by atoms with Crippen LogP contribution in [0.1, 0.15) is 46.7 Å². The van der Waals surface area contributed by atoms with E-state index in [1.807, 2.05) is 60.8 Å². The Morgan fingerprint density at radius 2 is 1.81 bits per heavy atom. The predicted molar refractivity (Wildman–Crippen MR) is 125 cm³/mol. The highest BCUT2D eigenvalue weighted by molar-refractivity contribution is 5.94. The van der Waals surface area contributed by atoms with Gasteiger partial charge in [-0.1, -0.05) is 48.5 Å². The lowest BCUT2D eigenvalue weighted by Crippen LogP contribution is -2.21. The van der Waals surface area contributed by atoms with Crippen molar-refractivity contribution in [2.24, 2.45) is 0 Å². The molecule has 2 aromatic heterocycles. The number of aryl methyl sites for hydroxylation is 1. The van der Waals surface area contributed by atoms with E-state index in [1.54, 1.807) is 0 Å². The molecule has 5 nitrogen and oxygen atoms in total. The van der Waals surface area contributed by atoms with Crippen LogP contribution in [-0.2, 0) is 12.8 Å². The SMILES string of the molecule is N#CC1=C(c2c[nH]c3ccccc23)Oc2nc3c(c(N)c2C1c1ccccc1)CCCC3. The number of pyridine rings is 1. The molecule has 3 N–H and O–H groups in total. The summed E-state index contributed by atoms with van der Waals surface area (Å²) in [5.41, 5.74) is 13.9. The van der Waals surface area contributed by atoms with Crippen LogP contribution in [0.3, 0.4) is 0 Å². The van der Waals surface area contributed by atoms with Crippen molar-refractivity contribution >= 4 is 22.3 Å². The monoisotopic (exact) mass is 418 g/mol. The summed E-state index contributed by atoms with van der Waals surface area (Å²) >= 11 is 0. The number of anilines is 1. The number of hydrogen-bond acceptors (Lipinski definition) is 4. The molecule has 1 aliphatic carbocycles. The first-order chi connectivity index (χ1) is 15.8. The largest absolute Gasteiger partial charge is 0.437 e. The zero-order chi connectivity index (χ0) is 21.7. The number of allylic oxidation sites excluding steroid dienone is 1. The Morgan fingerprint density at radius 3 is 2.66 bits per heavy atom. The average molecular weight is 419 g/mol. The zero-order valence-corrected chi connectivity index (χ0v) is 17.6. The van der Waals surface area contributed by atoms with E-state index in [4.69, 9.17) is 15.5 Å². The van der Waals surface area contributed by atoms with E-state index in [0.717, 1.165) is 70.2 Å². The molecule has 2 aliphatic rings. The van der Waals surface area contributed by atoms with Crippen LogP contribution >= 0.6 is 0 Å². The molecule has 4 aromatic rings. The molecule has 3 heterocycles. The van der Waals surface area contributed by atoms with Crippen molar-refractivity contribution in [2.45, 2.75) is 31.6 Å². The van der Waals surface area contributed by atoms with E-state index in [0.29, 0.717) is 17.2 Å². The number of nitriles is 1. The molecule has 0 saturated carbocycles. The molecule has 1 unspecified atom stereocenters. The maximum Gasteiger partial charge on any atom is 0.225 e. The van der Waals surface area contributed by atoms with Crippen LogP contribution in [-0.4, -0.2) is 9.97 Å². The lowest BCUT2D eigenvalue weighted by atomic mass is 9.80. The number of aromatic amines is 1. The number of fused-ring (bicyclic) bond motifs is 3. The summed E-state index contributed by atoms with van der Waals surface area (Å²) in [5.74, 6) is 0.749. The van der Waals surface area contributed by atoms with Crippen LogP contribution in [0.4, 0.5) is 5.69 Å². The highest BCUT2D eigenvalue weighted by Gasteiger charge is 2.37. The first-order valence-corrected chi connectivity index (χ1v) is 11.0. The lowest BCUT2D eigenvalue weighted by Gasteiger charge is -2.31. The average Bonchev–Trinajstić information content (AvgIpc) is 3.27. The van der Waals surface area contributed by atoms with Crippen LogP contribution in [0.15, 0.2) is 66.4 Å². The number of hydrogen-bond donors (Lipinski definition) is 2. The third-order valence-electron chi connectivity index (χ3n) is 6.63. The number of H-pyrrole nitrogens is 1. The third-order valence-corrected chi connectivity index (χ3v) is 6.63. The summed E-state index contributed by atoms with van der Waals surface area (Å²) in [6.45, 7) is 0. The van der Waals surface area contributed by atoms with Gasteiger partial charge in [0.05, 0.1) is 23.1 Å². The van der Waals surface area contributed by atoms with E-state index in [1.165, 1.54) is 0 Å². The molecule has 0 radical (unpaired) electrons. The normalized spacial score (nSPS) is 17.4. The molecule has 1 atom stereocenters. The minimum atomic E-state index is -0.326. The van der Waals surface area contributed by atoms with Gasteiger partial charge < -0.3 is 15.5 Å². The second-order valence-corrected chi connectivity index (χ2v) is 8.42. The Balaban J connectivity index is 1.65. The number of para-hydroxylation sites is 1. The molecule has 1 aliphatic heterocycles. The second kappa shape index (κ2) is 7.28. The van der Waals surface area contributed by atoms with E-state index in [2.05, 4.69) is 11.1 Å². The Morgan fingerprint density at radius 1 is 1.03 bits per heavy atom. The fraction of sp³-hybridized carbons (Fsp3) is 0.185. The van der Waals surface area contributed by atoms with Crippen LogP contribution in [0, 0.1) is 11.3 Å². The molecule has 6 rings (SSSR count). The Bertz CT molecular complexity index is 1430. The molecular weight excluding hydrogens is 396 g/mol. The van der Waals surface area contributed by atoms with Gasteiger partial charge in [-0.2, -0.15) is 5.26 Å². The summed E-state index contributed by atoms with van der Waals surface area (Å²) < 4.78 is 6.43. The van der Waals surface area contributed by atoms with Crippen molar-refractivity contribution in [3.05, 3.63) is 94.3 Å². The summed E-state index contributed by atoms with van der Waals surface area (Å²) in [7, 11) is 0. The molecule has 0 amide bonds. The van der Waals surface area contributed by atoms with E-state index < -0.39 is 0 Å². The predicted octanol–water partition coefficient (Wildman–Crippen LogP) is 5.48. The van der Waals surface area contributed by atoms with Gasteiger partial charge in [-0.15, -0.1) is 0 Å². The Hall–Kier alpha value is -4.04. The first-order valence-electron chi connectivity index (χ1n) is 11.0. The van der Waals surface area contributed by atoms with Crippen molar-refractivity contribution in [3.8, 4) is 11.9 Å². The molecule has 5 heteroatoms. The van der Waals surface area contributed by atoms with Crippen molar-refractivity contribution in [2.75, 3.05) is 5.73 Å². The summed E-state index contributed by atoms with van der Waals surface area (Å²) in [5, 5.41) is 11.4. The molecular formula is C27H22N4O. The zero-order valence-electron chi connectivity index (χ0n) is 17.6. The highest BCUT2D eigenvalue weighted by atomic mass is 16.5. The molecule has 32 heavy (non-hydrogen) atoms. The lowest BCUT2D eigenvalue weighted by molar-refractivity contribution is 0.462. The quantitative estimate of drug-likeness (QED) is 0.451. The fourth-order valence-electron chi connectivity index (χ4n) is 5.10. The van der Waals surface area contributed by atoms with Crippen molar-refractivity contribution in [1.29, 1.82) is 5.26 Å². The molecule has 156 valence electrons. The number of nitrogens with two attached hydrogens (primary N) is 1. The van der Waals surface area contributed by atoms with Gasteiger partial charge >= 0.3 is 0 Å². The van der Waals surface area contributed by atoms with Crippen LogP contribution in [0.25, 0.3) is 16.7 Å². The van der Waals surface area contributed by atoms with Crippen LogP contribution in [0.5, 0.6) is 5.88 Å². The number of nitrogens with zero attached hydrogens (tertiary/aromatic N) is 2. The molecule has 0 fully saturated rings. The minimum absolute atomic E-state index is 0.326. The molecule has 0 bridgehead atoms. The first kappa shape index (κ1) is 18.7. The van der Waals surface area contributed by atoms with Crippen LogP contribution < -0.4 is 10.5 Å². The topological polar surface area (TPSA) is 87.7 Å². The van der Waals surface area contributed by atoms with Crippen molar-refractivity contribution < 1.29 is 4.74 Å². The van der Waals surface area contributed by atoms with Gasteiger partial charge in [0.1, 0.15) is 0 Å². The highest BCUT2D eigenvalue weighted by Crippen LogP contribution is 2.49. The summed E-state index contributed by atoms with van der Waals surface area (Å²) in [4.78, 5) is 8.24. The van der Waals surface area contributed by atoms with Gasteiger partial charge in [-0.25, -0.2) is 4.98 Å². The maximum atomic E-state index is 10.4. The Labute approximate surface area is 186 Å². The maximum absolute atomic E-state index is 10.4. The smallest absolute Gasteiger partial charge is 0.225 e. The van der Waals surface area contributed by atoms with E-state index >= 15 is 0 Å². The molecule has 0 saturated heterocycles. The van der Waals surface area contributed by atoms with Gasteiger partial charge in [0.25, 0.3) is 0 Å². The molecule has 2 aromatic carbocycles. The standard InChI is InChI=1S/C27H22N4O/c28-14-19-23(16-8-2-1-3-9-16)24-25(29)18-11-5-7-13-22(18)31-27(24)32-26(19)20-15-30-21-12-6-4-10-17(20)21/h1-4,6,8-10,12,15,23,30H,5,7,11,13H2,(H2,29,31). The van der Waals surface area contributed by atoms with Crippen LogP contribution in [0.2, 0.25) is 0 Å². The van der Waals surface area contributed by atoms with Crippen molar-refractivity contribution in [1.82, 2.24) is 9.97 Å². The molecule has 0 spiro atoms. The van der Waals surface area contributed by atoms with E-state index in [9.17, 15) is 5.26 Å². The number of nitrogen functional groups attached to an aromatic ring is 1. The van der Waals surface area contributed by atoms with Gasteiger partial charge in [-0.05, 0) is 42.9 Å². The number of aromatic nitrogens is 2. The van der Waals surface area contributed by atoms with Crippen molar-refractivity contribution in [3.63, 3.8) is 0 Å². The summed E-state index contributed by atoms with van der Waals surface area (Å²) in [6, 6.07) is 20.5. The summed E-state index contributed by atoms with van der Waals surface area (Å²) in [6.07, 6.45) is 5.95. The number of nitrogens with one attached hydrogen (secondary N) is 1. The van der Waals surface area contributed by atoms with Gasteiger partial charge in [-0.3, -0.25) is 0 Å². The second-order valence-electron chi connectivity index (χ2n) is 8.42. The number of benzene rings is 2. The fourth-order valence-corrected chi connectivity index (χ4v) is 5.10. The number of ether oxygens (including phenoxy) is 1. The van der Waals surface area contributed by atoms with Gasteiger partial charge in [0, 0.05) is 34.0 Å². The number of rotatable bonds is 2. The Kier molecular flexibility index (Phi) is 4.26. The third kappa shape index (κ3) is 2.73. The minimum Gasteiger partial charge on any atom is -0.437 e. The van der Waals surface area contributed by atoms with E-state index in [-0.39, 0.29) is 5.92 Å².